The number of nitrogens with zero attached hydrogens (tertiary/aromatic N) is 4. The molecule has 1 aliphatic rings. The zero-order valence-corrected chi connectivity index (χ0v) is 11.0. The van der Waals surface area contributed by atoms with Gasteiger partial charge in [0.25, 0.3) is 0 Å². The van der Waals surface area contributed by atoms with Gasteiger partial charge in [0.05, 0.1) is 5.54 Å². The van der Waals surface area contributed by atoms with Gasteiger partial charge in [-0.2, -0.15) is 5.10 Å². The van der Waals surface area contributed by atoms with Crippen molar-refractivity contribution in [2.75, 3.05) is 13.6 Å². The van der Waals surface area contributed by atoms with Gasteiger partial charge in [-0.25, -0.2) is 14.5 Å². The van der Waals surface area contributed by atoms with Gasteiger partial charge in [0, 0.05) is 13.6 Å². The highest BCUT2D eigenvalue weighted by Gasteiger charge is 2.33. The van der Waals surface area contributed by atoms with Gasteiger partial charge in [-0.15, -0.1) is 0 Å². The Morgan fingerprint density at radius 2 is 2.06 bits per heavy atom. The maximum atomic E-state index is 11.5. The van der Waals surface area contributed by atoms with Gasteiger partial charge in [0.2, 0.25) is 0 Å². The molecule has 2 heterocycles. The minimum atomic E-state index is -0.136. The van der Waals surface area contributed by atoms with Gasteiger partial charge < -0.3 is 10.2 Å². The topological polar surface area (TPSA) is 63.1 Å². The molecule has 0 aliphatic carbocycles. The third kappa shape index (κ3) is 2.11. The summed E-state index contributed by atoms with van der Waals surface area (Å²) < 4.78 is 1.90. The summed E-state index contributed by atoms with van der Waals surface area (Å²) in [5.41, 5.74) is -0.136. The first-order valence-electron chi connectivity index (χ1n) is 5.74. The minimum Gasteiger partial charge on any atom is -0.326 e. The van der Waals surface area contributed by atoms with E-state index in [0.29, 0.717) is 6.54 Å². The molecule has 6 nitrogen and oxygen atoms in total. The molecule has 0 spiro atoms. The van der Waals surface area contributed by atoms with Crippen LogP contribution < -0.4 is 5.32 Å². The summed E-state index contributed by atoms with van der Waals surface area (Å²) in [6.45, 7) is 8.72. The van der Waals surface area contributed by atoms with Crippen molar-refractivity contribution in [3.05, 3.63) is 11.6 Å². The van der Waals surface area contributed by atoms with Gasteiger partial charge in [-0.3, -0.25) is 0 Å². The molecule has 0 saturated carbocycles. The fourth-order valence-corrected chi connectivity index (χ4v) is 1.96. The largest absolute Gasteiger partial charge is 0.326 e. The predicted molar refractivity (Wildman–Crippen MR) is 63.7 cm³/mol. The molecule has 0 bridgehead atoms. The number of aromatic nitrogens is 3. The molecule has 94 valence electrons. The molecule has 1 fully saturated rings. The SMILES string of the molecule is Cc1nc([C@H]2CN(C)C(=O)N2)n(C(C)(C)C)n1. The van der Waals surface area contributed by atoms with Gasteiger partial charge in [-0.05, 0) is 27.7 Å². The van der Waals surface area contributed by atoms with Gasteiger partial charge in [0.1, 0.15) is 11.9 Å². The van der Waals surface area contributed by atoms with Crippen LogP contribution in [-0.2, 0) is 5.54 Å². The number of hydrogen-bond donors (Lipinski definition) is 1. The number of carbonyl (C=O) groups excluding carboxylic acids is 1. The molecule has 0 unspecified atom stereocenters. The lowest BCUT2D eigenvalue weighted by Crippen LogP contribution is -2.30. The van der Waals surface area contributed by atoms with Crippen LogP contribution in [-0.4, -0.2) is 39.3 Å². The summed E-state index contributed by atoms with van der Waals surface area (Å²) in [6.07, 6.45) is 0. The second-order valence-electron chi connectivity index (χ2n) is 5.48. The highest BCUT2D eigenvalue weighted by molar-refractivity contribution is 5.76. The monoisotopic (exact) mass is 237 g/mol. The highest BCUT2D eigenvalue weighted by Crippen LogP contribution is 2.23. The molecule has 17 heavy (non-hydrogen) atoms. The molecule has 0 aromatic carbocycles. The fourth-order valence-electron chi connectivity index (χ4n) is 1.96. The van der Waals surface area contributed by atoms with E-state index in [9.17, 15) is 4.79 Å². The Hall–Kier alpha value is -1.59. The standard InChI is InChI=1S/C11H19N5O/c1-7-12-9(16(14-7)11(2,3)4)8-6-15(5)10(17)13-8/h8H,6H2,1-5H3,(H,13,17)/t8-/m1/s1. The summed E-state index contributed by atoms with van der Waals surface area (Å²) in [6, 6.07) is -0.135. The number of rotatable bonds is 1. The van der Waals surface area contributed by atoms with Crippen LogP contribution in [0, 0.1) is 6.92 Å². The number of urea groups is 1. The van der Waals surface area contributed by atoms with Crippen LogP contribution in [0.1, 0.15) is 38.5 Å². The minimum absolute atomic E-state index is 0.0592. The van der Waals surface area contributed by atoms with E-state index in [4.69, 9.17) is 0 Å². The van der Waals surface area contributed by atoms with E-state index in [-0.39, 0.29) is 17.6 Å². The molecule has 1 aliphatic heterocycles. The Morgan fingerprint density at radius 1 is 1.41 bits per heavy atom. The molecular formula is C11H19N5O. The zero-order valence-electron chi connectivity index (χ0n) is 11.0. The van der Waals surface area contributed by atoms with Crippen molar-refractivity contribution < 1.29 is 4.79 Å². The lowest BCUT2D eigenvalue weighted by Gasteiger charge is -2.23. The van der Waals surface area contributed by atoms with E-state index in [1.54, 1.807) is 11.9 Å². The third-order valence-corrected chi connectivity index (χ3v) is 2.79. The molecular weight excluding hydrogens is 218 g/mol. The number of carbonyl (C=O) groups is 1. The number of hydrogen-bond acceptors (Lipinski definition) is 3. The zero-order chi connectivity index (χ0) is 12.8. The van der Waals surface area contributed by atoms with Crippen molar-refractivity contribution in [3.63, 3.8) is 0 Å². The first kappa shape index (κ1) is 11.9. The normalized spacial score (nSPS) is 20.9. The van der Waals surface area contributed by atoms with Crippen molar-refractivity contribution in [3.8, 4) is 0 Å². The summed E-state index contributed by atoms with van der Waals surface area (Å²) in [5, 5.41) is 7.32. The van der Waals surface area contributed by atoms with Gasteiger partial charge >= 0.3 is 6.03 Å². The molecule has 1 N–H and O–H groups in total. The average molecular weight is 237 g/mol. The summed E-state index contributed by atoms with van der Waals surface area (Å²) in [5.74, 6) is 1.56. The molecule has 6 heteroatoms. The van der Waals surface area contributed by atoms with Crippen LogP contribution in [0.25, 0.3) is 0 Å². The Kier molecular flexibility index (Phi) is 2.60. The van der Waals surface area contributed by atoms with Crippen molar-refractivity contribution in [1.82, 2.24) is 25.0 Å². The van der Waals surface area contributed by atoms with E-state index in [1.807, 2.05) is 11.6 Å². The number of nitrogens with one attached hydrogen (secondary N) is 1. The molecule has 1 aromatic heterocycles. The van der Waals surface area contributed by atoms with E-state index in [2.05, 4.69) is 36.2 Å². The number of amides is 2. The quantitative estimate of drug-likeness (QED) is 0.793. The Balaban J connectivity index is 2.36. The van der Waals surface area contributed by atoms with Crippen molar-refractivity contribution >= 4 is 6.03 Å². The Labute approximate surface area is 101 Å². The van der Waals surface area contributed by atoms with E-state index in [1.165, 1.54) is 0 Å². The van der Waals surface area contributed by atoms with Crippen LogP contribution in [0.5, 0.6) is 0 Å². The maximum Gasteiger partial charge on any atom is 0.317 e. The lowest BCUT2D eigenvalue weighted by molar-refractivity contribution is 0.226. The summed E-state index contributed by atoms with van der Waals surface area (Å²) in [7, 11) is 1.78. The Bertz CT molecular complexity index is 445. The van der Waals surface area contributed by atoms with Crippen LogP contribution in [0.15, 0.2) is 0 Å². The van der Waals surface area contributed by atoms with E-state index >= 15 is 0 Å². The highest BCUT2D eigenvalue weighted by atomic mass is 16.2. The first-order chi connectivity index (χ1) is 7.79. The predicted octanol–water partition coefficient (Wildman–Crippen LogP) is 1.04. The third-order valence-electron chi connectivity index (χ3n) is 2.79. The molecule has 2 amide bonds. The van der Waals surface area contributed by atoms with E-state index < -0.39 is 0 Å². The molecule has 1 aromatic rings. The lowest BCUT2D eigenvalue weighted by atomic mass is 10.1. The van der Waals surface area contributed by atoms with Gasteiger partial charge in [-0.1, -0.05) is 0 Å². The van der Waals surface area contributed by atoms with Crippen LogP contribution in [0.4, 0.5) is 4.79 Å². The second kappa shape index (κ2) is 3.72. The molecule has 1 atom stereocenters. The summed E-state index contributed by atoms with van der Waals surface area (Å²) in [4.78, 5) is 17.6. The smallest absolute Gasteiger partial charge is 0.317 e. The maximum absolute atomic E-state index is 11.5. The van der Waals surface area contributed by atoms with E-state index in [0.717, 1.165) is 11.6 Å². The Morgan fingerprint density at radius 3 is 2.53 bits per heavy atom. The first-order valence-corrected chi connectivity index (χ1v) is 5.74. The fraction of sp³-hybridized carbons (Fsp3) is 0.727. The molecule has 2 rings (SSSR count). The van der Waals surface area contributed by atoms with Crippen molar-refractivity contribution in [2.24, 2.45) is 0 Å². The molecule has 1 saturated heterocycles. The van der Waals surface area contributed by atoms with Gasteiger partial charge in [0.15, 0.2) is 5.82 Å². The van der Waals surface area contributed by atoms with Crippen molar-refractivity contribution in [1.29, 1.82) is 0 Å². The van der Waals surface area contributed by atoms with Crippen LogP contribution in [0.2, 0.25) is 0 Å². The van der Waals surface area contributed by atoms with Crippen molar-refractivity contribution in [2.45, 2.75) is 39.3 Å². The number of aryl methyl sites for hydroxylation is 1. The average Bonchev–Trinajstić information content (AvgIpc) is 2.70. The molecule has 0 radical (unpaired) electrons. The number of likely N-dealkylation sites (N-methyl/N-ethyl adjacent to an activating group) is 1. The summed E-state index contributed by atoms with van der Waals surface area (Å²) >= 11 is 0. The van der Waals surface area contributed by atoms with Crippen LogP contribution >= 0.6 is 0 Å². The van der Waals surface area contributed by atoms with Crippen LogP contribution in [0.3, 0.4) is 0 Å². The second-order valence-corrected chi connectivity index (χ2v) is 5.48.